The van der Waals surface area contributed by atoms with Crippen LogP contribution in [0.3, 0.4) is 0 Å². The third kappa shape index (κ3) is 4.59. The van der Waals surface area contributed by atoms with E-state index < -0.39 is 31.7 Å². The number of alkyl halides is 2. The van der Waals surface area contributed by atoms with E-state index in [1.165, 1.54) is 0 Å². The third-order valence-corrected chi connectivity index (χ3v) is 1.33. The van der Waals surface area contributed by atoms with Gasteiger partial charge in [0.2, 0.25) is 0 Å². The first-order valence-electron chi connectivity index (χ1n) is 3.92. The Morgan fingerprint density at radius 3 is 1.71 bits per heavy atom. The second kappa shape index (κ2) is 7.06. The molecule has 0 aliphatic heterocycles. The summed E-state index contributed by atoms with van der Waals surface area (Å²) in [5.74, 6) is 0. The molecule has 0 amide bonds. The molecule has 0 N–H and O–H groups in total. The molecule has 0 rings (SSSR count). The lowest BCUT2D eigenvalue weighted by molar-refractivity contribution is 0.0106. The third-order valence-electron chi connectivity index (χ3n) is 1.33. The molecule has 0 aromatic heterocycles. The zero-order valence-corrected chi connectivity index (χ0v) is 7.62. The normalized spacial score (nSPS) is 13.9. The van der Waals surface area contributed by atoms with E-state index in [-0.39, 0.29) is 0 Å². The number of ether oxygens (including phenoxy) is 2. The molecule has 2 unspecified atom stereocenters. The molecule has 0 aromatic rings. The van der Waals surface area contributed by atoms with E-state index in [4.69, 9.17) is 0 Å². The Morgan fingerprint density at radius 2 is 1.50 bits per heavy atom. The van der Waals surface area contributed by atoms with Crippen molar-refractivity contribution < 1.29 is 23.0 Å². The Labute approximate surface area is 81.0 Å². The fourth-order valence-corrected chi connectivity index (χ4v) is 0.560. The van der Waals surface area contributed by atoms with E-state index in [1.807, 2.05) is 0 Å². The molecule has 80 valence electrons. The lowest BCUT2D eigenvalue weighted by Crippen LogP contribution is -2.23. The lowest BCUT2D eigenvalue weighted by Gasteiger charge is -2.13. The maximum atomic E-state index is 12.0. The zero-order chi connectivity index (χ0) is 11.0. The van der Waals surface area contributed by atoms with E-state index in [9.17, 15) is 13.6 Å². The second-order valence-corrected chi connectivity index (χ2v) is 2.34. The van der Waals surface area contributed by atoms with Crippen LogP contribution in [0.4, 0.5) is 13.6 Å². The largest absolute Gasteiger partial charge is 0.509 e. The zero-order valence-electron chi connectivity index (χ0n) is 7.62. The van der Waals surface area contributed by atoms with Gasteiger partial charge >= 0.3 is 6.16 Å². The molecule has 2 atom stereocenters. The van der Waals surface area contributed by atoms with Gasteiger partial charge in [0.25, 0.3) is 0 Å². The molecule has 5 heteroatoms. The number of rotatable bonds is 6. The molecule has 0 aliphatic rings. The van der Waals surface area contributed by atoms with Gasteiger partial charge < -0.3 is 9.47 Å². The first kappa shape index (κ1) is 12.6. The van der Waals surface area contributed by atoms with Crippen LogP contribution in [0.2, 0.25) is 0 Å². The van der Waals surface area contributed by atoms with Crippen molar-refractivity contribution >= 4 is 6.16 Å². The molecule has 0 aromatic carbocycles. The van der Waals surface area contributed by atoms with Crippen LogP contribution in [0.15, 0.2) is 25.3 Å². The van der Waals surface area contributed by atoms with E-state index in [1.54, 1.807) is 0 Å². The van der Waals surface area contributed by atoms with Crippen LogP contribution in [0.1, 0.15) is 0 Å². The highest BCUT2D eigenvalue weighted by Crippen LogP contribution is 2.02. The van der Waals surface area contributed by atoms with Crippen LogP contribution in [0, 0.1) is 0 Å². The molecule has 0 aliphatic carbocycles. The van der Waals surface area contributed by atoms with Gasteiger partial charge in [-0.15, -0.1) is 0 Å². The summed E-state index contributed by atoms with van der Waals surface area (Å²) in [6, 6.07) is 0. The van der Waals surface area contributed by atoms with Crippen LogP contribution in [0.5, 0.6) is 0 Å². The van der Waals surface area contributed by atoms with Gasteiger partial charge in [0.05, 0.1) is 0 Å². The van der Waals surface area contributed by atoms with Gasteiger partial charge in [-0.05, 0) is 12.2 Å². The van der Waals surface area contributed by atoms with Gasteiger partial charge in [0, 0.05) is 0 Å². The highest BCUT2D eigenvalue weighted by atomic mass is 19.1. The van der Waals surface area contributed by atoms with Crippen LogP contribution >= 0.6 is 0 Å². The molecule has 0 saturated heterocycles. The topological polar surface area (TPSA) is 35.5 Å². The molecule has 0 bridgehead atoms. The molecule has 3 nitrogen and oxygen atoms in total. The van der Waals surface area contributed by atoms with Crippen molar-refractivity contribution in [3.8, 4) is 0 Å². The van der Waals surface area contributed by atoms with E-state index in [0.717, 1.165) is 12.2 Å². The lowest BCUT2D eigenvalue weighted by atomic mass is 10.4. The summed E-state index contributed by atoms with van der Waals surface area (Å²) < 4.78 is 32.9. The molecule has 0 radical (unpaired) electrons. The Morgan fingerprint density at radius 1 is 1.14 bits per heavy atom. The summed E-state index contributed by atoms with van der Waals surface area (Å²) in [6.07, 6.45) is -1.05. The quantitative estimate of drug-likeness (QED) is 0.493. The van der Waals surface area contributed by atoms with Crippen molar-refractivity contribution in [1.82, 2.24) is 0 Å². The average molecular weight is 206 g/mol. The molecule has 0 spiro atoms. The first-order valence-corrected chi connectivity index (χ1v) is 3.92. The van der Waals surface area contributed by atoms with Crippen molar-refractivity contribution in [2.45, 2.75) is 12.2 Å². The predicted molar refractivity (Wildman–Crippen MR) is 47.5 cm³/mol. The van der Waals surface area contributed by atoms with E-state index in [0.29, 0.717) is 0 Å². The highest BCUT2D eigenvalue weighted by Gasteiger charge is 2.15. The minimum absolute atomic E-state index is 0.896. The maximum Gasteiger partial charge on any atom is 0.509 e. The Kier molecular flexibility index (Phi) is 6.36. The van der Waals surface area contributed by atoms with Gasteiger partial charge in [-0.1, -0.05) is 13.2 Å². The fraction of sp³-hybridized carbons (Fsp3) is 0.444. The summed E-state index contributed by atoms with van der Waals surface area (Å²) in [5.41, 5.74) is 0. The Hall–Kier alpha value is -1.39. The molecule has 14 heavy (non-hydrogen) atoms. The van der Waals surface area contributed by atoms with Crippen molar-refractivity contribution in [3.63, 3.8) is 0 Å². The van der Waals surface area contributed by atoms with Crippen LogP contribution in [-0.4, -0.2) is 31.7 Å². The maximum absolute atomic E-state index is 12.0. The summed E-state index contributed by atoms with van der Waals surface area (Å²) in [6.45, 7) is 4.68. The Bertz CT molecular complexity index is 186. The second-order valence-electron chi connectivity index (χ2n) is 2.34. The molecule has 0 saturated carbocycles. The summed E-state index contributed by atoms with van der Waals surface area (Å²) in [4.78, 5) is 10.8. The molecular formula is C9H12F2O3. The van der Waals surface area contributed by atoms with E-state index >= 15 is 0 Å². The highest BCUT2D eigenvalue weighted by molar-refractivity contribution is 5.60. The summed E-state index contributed by atoms with van der Waals surface area (Å²) in [5, 5.41) is 0. The fourth-order valence-electron chi connectivity index (χ4n) is 0.560. The van der Waals surface area contributed by atoms with E-state index in [2.05, 4.69) is 22.6 Å². The van der Waals surface area contributed by atoms with Gasteiger partial charge in [-0.3, -0.25) is 0 Å². The average Bonchev–Trinajstić information content (AvgIpc) is 2.22. The van der Waals surface area contributed by atoms with Gasteiger partial charge in [0.15, 0.2) is 12.2 Å². The van der Waals surface area contributed by atoms with Gasteiger partial charge in [-0.2, -0.15) is 0 Å². The molecule has 0 fully saturated rings. The van der Waals surface area contributed by atoms with Gasteiger partial charge in [0.1, 0.15) is 13.3 Å². The number of hydrogen-bond donors (Lipinski definition) is 0. The van der Waals surface area contributed by atoms with Crippen LogP contribution < -0.4 is 0 Å². The van der Waals surface area contributed by atoms with Crippen molar-refractivity contribution in [2.24, 2.45) is 0 Å². The monoisotopic (exact) mass is 206 g/mol. The first-order chi connectivity index (χ1) is 6.67. The van der Waals surface area contributed by atoms with Crippen LogP contribution in [0.25, 0.3) is 0 Å². The number of carbonyl (C=O) groups is 1. The van der Waals surface area contributed by atoms with Gasteiger partial charge in [-0.25, -0.2) is 13.6 Å². The summed E-state index contributed by atoms with van der Waals surface area (Å²) in [7, 11) is 0. The SMILES string of the molecule is C=CC(CF)OC(=O)OC(C=C)CF. The smallest absolute Gasteiger partial charge is 0.424 e. The minimum Gasteiger partial charge on any atom is -0.424 e. The van der Waals surface area contributed by atoms with Crippen LogP contribution in [-0.2, 0) is 9.47 Å². The number of carbonyl (C=O) groups excluding carboxylic acids is 1. The minimum atomic E-state index is -1.14. The number of hydrogen-bond acceptors (Lipinski definition) is 3. The van der Waals surface area contributed by atoms with Crippen molar-refractivity contribution in [1.29, 1.82) is 0 Å². The Balaban J connectivity index is 3.95. The standard InChI is InChI=1S/C9H12F2O3/c1-3-7(5-10)13-9(12)14-8(4-2)6-11/h3-4,7-8H,1-2,5-6H2. The van der Waals surface area contributed by atoms with Crippen molar-refractivity contribution in [3.05, 3.63) is 25.3 Å². The molecule has 0 heterocycles. The number of halogens is 2. The predicted octanol–water partition coefficient (Wildman–Crippen LogP) is 2.19. The molecular weight excluding hydrogens is 194 g/mol. The van der Waals surface area contributed by atoms with Crippen molar-refractivity contribution in [2.75, 3.05) is 13.3 Å². The summed E-state index contributed by atoms with van der Waals surface area (Å²) >= 11 is 0.